The van der Waals surface area contributed by atoms with E-state index >= 15 is 0 Å². The number of alkyl halides is 3. The number of carbonyl (C=O) groups excluding carboxylic acids is 2. The highest BCUT2D eigenvalue weighted by Crippen LogP contribution is 2.37. The number of hydrogen-bond donors (Lipinski definition) is 1. The topological polar surface area (TPSA) is 55.9 Å². The van der Waals surface area contributed by atoms with Crippen molar-refractivity contribution in [1.82, 2.24) is 15.1 Å². The lowest BCUT2D eigenvalue weighted by atomic mass is 9.92. The largest absolute Gasteiger partial charge is 0.416 e. The monoisotopic (exact) mass is 414 g/mol. The van der Waals surface area contributed by atoms with Gasteiger partial charge in [-0.25, -0.2) is 0 Å². The highest BCUT2D eigenvalue weighted by Gasteiger charge is 2.33. The molecule has 29 heavy (non-hydrogen) atoms. The molecule has 1 saturated heterocycles. The normalized spacial score (nSPS) is 16.3. The lowest BCUT2D eigenvalue weighted by Gasteiger charge is -2.37. The second kappa shape index (κ2) is 9.47. The summed E-state index contributed by atoms with van der Waals surface area (Å²) in [5.41, 5.74) is 0.365. The van der Waals surface area contributed by atoms with Crippen LogP contribution in [0.3, 0.4) is 0 Å². The molecule has 0 aromatic heterocycles. The van der Waals surface area contributed by atoms with Crippen LogP contribution >= 0.6 is 0 Å². The van der Waals surface area contributed by atoms with Crippen molar-refractivity contribution < 1.29 is 22.8 Å². The Morgan fingerprint density at radius 2 is 1.83 bits per heavy atom. The van der Waals surface area contributed by atoms with Crippen molar-refractivity contribution in [1.29, 1.82) is 0 Å². The minimum Gasteiger partial charge on any atom is -0.368 e. The van der Waals surface area contributed by atoms with Crippen molar-refractivity contribution in [2.24, 2.45) is 5.92 Å². The van der Waals surface area contributed by atoms with Gasteiger partial charge in [-0.3, -0.25) is 9.59 Å². The molecular formula is C20H29F3N4O2. The number of nitrogens with zero attached hydrogens (tertiary/aromatic N) is 3. The summed E-state index contributed by atoms with van der Waals surface area (Å²) in [4.78, 5) is 28.6. The number of carbonyl (C=O) groups is 2. The predicted molar refractivity (Wildman–Crippen MR) is 106 cm³/mol. The Bertz CT molecular complexity index is 714. The quantitative estimate of drug-likeness (QED) is 0.696. The van der Waals surface area contributed by atoms with Gasteiger partial charge in [0.05, 0.1) is 18.2 Å². The van der Waals surface area contributed by atoms with E-state index in [0.29, 0.717) is 37.4 Å². The molecule has 1 atom stereocenters. The van der Waals surface area contributed by atoms with Crippen molar-refractivity contribution >= 4 is 18.0 Å². The Balaban J connectivity index is 2.43. The van der Waals surface area contributed by atoms with Gasteiger partial charge in [0, 0.05) is 31.9 Å². The van der Waals surface area contributed by atoms with E-state index in [1.54, 1.807) is 23.9 Å². The third-order valence-electron chi connectivity index (χ3n) is 4.94. The molecule has 2 amide bonds. The first kappa shape index (κ1) is 23.0. The van der Waals surface area contributed by atoms with Crippen molar-refractivity contribution in [2.45, 2.75) is 26.1 Å². The summed E-state index contributed by atoms with van der Waals surface area (Å²) in [5.74, 6) is -0.359. The van der Waals surface area contributed by atoms with Gasteiger partial charge >= 0.3 is 6.18 Å². The molecule has 162 valence electrons. The summed E-state index contributed by atoms with van der Waals surface area (Å²) in [6, 6.07) is 3.12. The minimum atomic E-state index is -4.47. The van der Waals surface area contributed by atoms with Gasteiger partial charge < -0.3 is 20.0 Å². The van der Waals surface area contributed by atoms with Crippen LogP contribution in [0.1, 0.15) is 31.0 Å². The van der Waals surface area contributed by atoms with E-state index in [4.69, 9.17) is 0 Å². The standard InChI is InChI=1S/C20H29F3N4O2/c1-14(2)19(24-18(29)12-25(3)4)16-11-15(20(21,22)23)5-6-17(16)27-9-7-26(13-28)8-10-27/h5-6,11,13-14,19H,7-10,12H2,1-4H3,(H,24,29). The van der Waals surface area contributed by atoms with E-state index in [9.17, 15) is 22.8 Å². The van der Waals surface area contributed by atoms with Gasteiger partial charge in [0.15, 0.2) is 0 Å². The first-order chi connectivity index (χ1) is 13.5. The smallest absolute Gasteiger partial charge is 0.368 e. The fourth-order valence-electron chi connectivity index (χ4n) is 3.45. The maximum absolute atomic E-state index is 13.4. The molecule has 1 aromatic carbocycles. The van der Waals surface area contributed by atoms with Gasteiger partial charge in [-0.05, 0) is 43.8 Å². The fourth-order valence-corrected chi connectivity index (χ4v) is 3.45. The molecule has 0 spiro atoms. The van der Waals surface area contributed by atoms with Gasteiger partial charge in [0.1, 0.15) is 0 Å². The predicted octanol–water partition coefficient (Wildman–Crippen LogP) is 2.36. The Kier molecular flexibility index (Phi) is 7.51. The zero-order chi connectivity index (χ0) is 21.8. The number of rotatable bonds is 7. The molecule has 1 fully saturated rings. The van der Waals surface area contributed by atoms with Crippen molar-refractivity contribution in [3.8, 4) is 0 Å². The van der Waals surface area contributed by atoms with E-state index in [-0.39, 0.29) is 18.4 Å². The maximum Gasteiger partial charge on any atom is 0.416 e. The second-order valence-electron chi connectivity index (χ2n) is 7.93. The molecule has 1 aliphatic heterocycles. The first-order valence-electron chi connectivity index (χ1n) is 9.62. The third kappa shape index (κ3) is 6.09. The molecule has 0 saturated carbocycles. The minimum absolute atomic E-state index is 0.111. The molecule has 1 unspecified atom stereocenters. The summed E-state index contributed by atoms with van der Waals surface area (Å²) in [6.45, 7) is 5.94. The first-order valence-corrected chi connectivity index (χ1v) is 9.62. The zero-order valence-electron chi connectivity index (χ0n) is 17.3. The van der Waals surface area contributed by atoms with Crippen molar-refractivity contribution in [2.75, 3.05) is 51.7 Å². The van der Waals surface area contributed by atoms with Crippen LogP contribution in [0.2, 0.25) is 0 Å². The highest BCUT2D eigenvalue weighted by molar-refractivity contribution is 5.79. The summed E-state index contributed by atoms with van der Waals surface area (Å²) in [6.07, 6.45) is -3.69. The van der Waals surface area contributed by atoms with Gasteiger partial charge in [0.25, 0.3) is 0 Å². The molecule has 0 aliphatic carbocycles. The number of anilines is 1. The number of benzene rings is 1. The van der Waals surface area contributed by atoms with Crippen LogP contribution in [0, 0.1) is 5.92 Å². The van der Waals surface area contributed by atoms with E-state index < -0.39 is 17.8 Å². The molecule has 2 rings (SSSR count). The van der Waals surface area contributed by atoms with Crippen molar-refractivity contribution in [3.05, 3.63) is 29.3 Å². The Morgan fingerprint density at radius 3 is 2.31 bits per heavy atom. The van der Waals surface area contributed by atoms with Gasteiger partial charge in [-0.1, -0.05) is 13.8 Å². The fraction of sp³-hybridized carbons (Fsp3) is 0.600. The van der Waals surface area contributed by atoms with E-state index in [2.05, 4.69) is 5.32 Å². The number of hydrogen-bond acceptors (Lipinski definition) is 4. The molecular weight excluding hydrogens is 385 g/mol. The number of likely N-dealkylation sites (N-methyl/N-ethyl adjacent to an activating group) is 1. The Morgan fingerprint density at radius 1 is 1.21 bits per heavy atom. The van der Waals surface area contributed by atoms with E-state index in [1.807, 2.05) is 18.7 Å². The zero-order valence-corrected chi connectivity index (χ0v) is 17.3. The van der Waals surface area contributed by atoms with Crippen LogP contribution in [-0.4, -0.2) is 68.9 Å². The van der Waals surface area contributed by atoms with Gasteiger partial charge in [-0.15, -0.1) is 0 Å². The van der Waals surface area contributed by atoms with Gasteiger partial charge in [0.2, 0.25) is 12.3 Å². The number of nitrogens with one attached hydrogen (secondary N) is 1. The average Bonchev–Trinajstić information content (AvgIpc) is 2.64. The summed E-state index contributed by atoms with van der Waals surface area (Å²) in [5, 5.41) is 2.90. The average molecular weight is 414 g/mol. The molecule has 0 radical (unpaired) electrons. The summed E-state index contributed by atoms with van der Waals surface area (Å²) < 4.78 is 40.2. The van der Waals surface area contributed by atoms with Crippen LogP contribution in [0.5, 0.6) is 0 Å². The SMILES string of the molecule is CC(C)C(NC(=O)CN(C)C)c1cc(C(F)(F)F)ccc1N1CCN(C=O)CC1. The number of halogens is 3. The van der Waals surface area contributed by atoms with Crippen LogP contribution in [0.25, 0.3) is 0 Å². The number of piperazine rings is 1. The number of amides is 2. The molecule has 6 nitrogen and oxygen atoms in total. The Hall–Kier alpha value is -2.29. The molecule has 1 heterocycles. The van der Waals surface area contributed by atoms with E-state index in [0.717, 1.165) is 18.5 Å². The molecule has 1 aliphatic rings. The van der Waals surface area contributed by atoms with Crippen molar-refractivity contribution in [3.63, 3.8) is 0 Å². The third-order valence-corrected chi connectivity index (χ3v) is 4.94. The van der Waals surface area contributed by atoms with Crippen LogP contribution < -0.4 is 10.2 Å². The highest BCUT2D eigenvalue weighted by atomic mass is 19.4. The van der Waals surface area contributed by atoms with Gasteiger partial charge in [-0.2, -0.15) is 13.2 Å². The molecule has 9 heteroatoms. The molecule has 1 aromatic rings. The maximum atomic E-state index is 13.4. The lowest BCUT2D eigenvalue weighted by Crippen LogP contribution is -2.46. The van der Waals surface area contributed by atoms with Crippen LogP contribution in [0.15, 0.2) is 18.2 Å². The summed E-state index contributed by atoms with van der Waals surface area (Å²) in [7, 11) is 3.51. The lowest BCUT2D eigenvalue weighted by molar-refractivity contribution is -0.137. The molecule has 0 bridgehead atoms. The Labute approximate surface area is 169 Å². The van der Waals surface area contributed by atoms with Crippen LogP contribution in [-0.2, 0) is 15.8 Å². The molecule has 1 N–H and O–H groups in total. The van der Waals surface area contributed by atoms with E-state index in [1.165, 1.54) is 6.07 Å². The second-order valence-corrected chi connectivity index (χ2v) is 7.93. The summed E-state index contributed by atoms with van der Waals surface area (Å²) >= 11 is 0. The van der Waals surface area contributed by atoms with Crippen LogP contribution in [0.4, 0.5) is 18.9 Å².